The maximum Gasteiger partial charge on any atom is 0.222 e. The zero-order valence-corrected chi connectivity index (χ0v) is 10.9. The number of nitrogens with zero attached hydrogens (tertiary/aromatic N) is 3. The normalized spacial score (nSPS) is 12.5. The van der Waals surface area contributed by atoms with E-state index in [2.05, 4.69) is 12.0 Å². The van der Waals surface area contributed by atoms with Gasteiger partial charge >= 0.3 is 0 Å². The Morgan fingerprint density at radius 1 is 1.65 bits per heavy atom. The Morgan fingerprint density at radius 2 is 2.35 bits per heavy atom. The summed E-state index contributed by atoms with van der Waals surface area (Å²) < 4.78 is 1.74. The van der Waals surface area contributed by atoms with Crippen molar-refractivity contribution in [3.8, 4) is 0 Å². The van der Waals surface area contributed by atoms with Crippen molar-refractivity contribution >= 4 is 5.91 Å². The van der Waals surface area contributed by atoms with E-state index >= 15 is 0 Å². The highest BCUT2D eigenvalue weighted by Crippen LogP contribution is 2.10. The van der Waals surface area contributed by atoms with E-state index in [1.807, 2.05) is 20.3 Å². The summed E-state index contributed by atoms with van der Waals surface area (Å²) in [6, 6.07) is 0. The zero-order chi connectivity index (χ0) is 12.8. The number of carbonyl (C=O) groups is 1. The van der Waals surface area contributed by atoms with Crippen LogP contribution >= 0.6 is 0 Å². The van der Waals surface area contributed by atoms with Gasteiger partial charge in [-0.25, -0.2) is 0 Å². The first kappa shape index (κ1) is 13.7. The minimum Gasteiger partial charge on any atom is -0.341 e. The number of aromatic nitrogens is 2. The predicted molar refractivity (Wildman–Crippen MR) is 67.1 cm³/mol. The summed E-state index contributed by atoms with van der Waals surface area (Å²) in [4.78, 5) is 13.7. The van der Waals surface area contributed by atoms with Gasteiger partial charge in [0.2, 0.25) is 5.91 Å². The van der Waals surface area contributed by atoms with Crippen LogP contribution in [0.15, 0.2) is 12.4 Å². The Balaban J connectivity index is 2.46. The second-order valence-electron chi connectivity index (χ2n) is 4.49. The molecule has 0 aliphatic heterocycles. The Morgan fingerprint density at radius 3 is 2.82 bits per heavy atom. The van der Waals surface area contributed by atoms with Gasteiger partial charge in [0.1, 0.15) is 0 Å². The molecule has 1 aromatic heterocycles. The zero-order valence-electron chi connectivity index (χ0n) is 10.9. The van der Waals surface area contributed by atoms with E-state index in [0.29, 0.717) is 25.4 Å². The molecule has 1 heterocycles. The minimum atomic E-state index is 0.145. The molecule has 0 aliphatic rings. The Labute approximate surface area is 103 Å². The van der Waals surface area contributed by atoms with Gasteiger partial charge in [0, 0.05) is 38.8 Å². The molecule has 5 nitrogen and oxygen atoms in total. The second-order valence-corrected chi connectivity index (χ2v) is 4.49. The van der Waals surface area contributed by atoms with E-state index in [0.717, 1.165) is 12.0 Å². The fourth-order valence-corrected chi connectivity index (χ4v) is 1.71. The van der Waals surface area contributed by atoms with Gasteiger partial charge in [-0.1, -0.05) is 13.3 Å². The fraction of sp³-hybridized carbons (Fsp3) is 0.667. The quantitative estimate of drug-likeness (QED) is 0.795. The number of hydrogen-bond acceptors (Lipinski definition) is 3. The van der Waals surface area contributed by atoms with E-state index in [1.54, 1.807) is 15.8 Å². The molecule has 0 aliphatic carbocycles. The summed E-state index contributed by atoms with van der Waals surface area (Å²) >= 11 is 0. The number of rotatable bonds is 6. The molecular formula is C12H22N4O. The molecule has 1 atom stereocenters. The topological polar surface area (TPSA) is 64.2 Å². The summed E-state index contributed by atoms with van der Waals surface area (Å²) in [6.07, 6.45) is 5.18. The molecule has 1 rings (SSSR count). The van der Waals surface area contributed by atoms with Gasteiger partial charge in [0.15, 0.2) is 0 Å². The molecule has 0 saturated heterocycles. The van der Waals surface area contributed by atoms with Gasteiger partial charge in [-0.3, -0.25) is 9.48 Å². The average Bonchev–Trinajstić information content (AvgIpc) is 2.71. The maximum atomic E-state index is 11.9. The van der Waals surface area contributed by atoms with E-state index in [9.17, 15) is 4.79 Å². The first-order valence-corrected chi connectivity index (χ1v) is 5.98. The SMILES string of the molecule is CCC(CN)CC(=O)N(C)Cc1cnn(C)c1. The summed E-state index contributed by atoms with van der Waals surface area (Å²) in [5.74, 6) is 0.435. The first-order chi connectivity index (χ1) is 8.06. The minimum absolute atomic E-state index is 0.145. The number of carbonyl (C=O) groups excluding carboxylic acids is 1. The third-order valence-electron chi connectivity index (χ3n) is 2.98. The number of nitrogens with two attached hydrogens (primary N) is 1. The smallest absolute Gasteiger partial charge is 0.222 e. The van der Waals surface area contributed by atoms with E-state index in [1.165, 1.54) is 0 Å². The summed E-state index contributed by atoms with van der Waals surface area (Å²) in [7, 11) is 3.69. The molecule has 0 radical (unpaired) electrons. The lowest BCUT2D eigenvalue weighted by molar-refractivity contribution is -0.131. The van der Waals surface area contributed by atoms with Crippen LogP contribution < -0.4 is 5.73 Å². The second kappa shape index (κ2) is 6.39. The summed E-state index contributed by atoms with van der Waals surface area (Å²) in [5.41, 5.74) is 6.65. The van der Waals surface area contributed by atoms with Crippen molar-refractivity contribution in [2.24, 2.45) is 18.7 Å². The van der Waals surface area contributed by atoms with Crippen LogP contribution in [0.5, 0.6) is 0 Å². The molecule has 17 heavy (non-hydrogen) atoms. The van der Waals surface area contributed by atoms with Crippen LogP contribution in [0.25, 0.3) is 0 Å². The molecule has 2 N–H and O–H groups in total. The van der Waals surface area contributed by atoms with E-state index < -0.39 is 0 Å². The maximum absolute atomic E-state index is 11.9. The van der Waals surface area contributed by atoms with Crippen LogP contribution in [-0.4, -0.2) is 34.2 Å². The monoisotopic (exact) mass is 238 g/mol. The van der Waals surface area contributed by atoms with Crippen LogP contribution in [0.4, 0.5) is 0 Å². The van der Waals surface area contributed by atoms with Crippen LogP contribution in [0.3, 0.4) is 0 Å². The van der Waals surface area contributed by atoms with Gasteiger partial charge in [0.25, 0.3) is 0 Å². The molecule has 0 fully saturated rings. The van der Waals surface area contributed by atoms with Gasteiger partial charge < -0.3 is 10.6 Å². The predicted octanol–water partition coefficient (Wildman–Crippen LogP) is 0.754. The van der Waals surface area contributed by atoms with Crippen LogP contribution in [0.2, 0.25) is 0 Å². The van der Waals surface area contributed by atoms with Crippen molar-refractivity contribution < 1.29 is 4.79 Å². The van der Waals surface area contributed by atoms with Crippen molar-refractivity contribution in [1.29, 1.82) is 0 Å². The van der Waals surface area contributed by atoms with Crippen molar-refractivity contribution in [3.63, 3.8) is 0 Å². The summed E-state index contributed by atoms with van der Waals surface area (Å²) in [6.45, 7) is 3.24. The third-order valence-corrected chi connectivity index (χ3v) is 2.98. The lowest BCUT2D eigenvalue weighted by Crippen LogP contribution is -2.29. The van der Waals surface area contributed by atoms with Crippen molar-refractivity contribution in [2.75, 3.05) is 13.6 Å². The van der Waals surface area contributed by atoms with E-state index in [4.69, 9.17) is 5.73 Å². The van der Waals surface area contributed by atoms with Gasteiger partial charge in [-0.15, -0.1) is 0 Å². The van der Waals surface area contributed by atoms with Crippen LogP contribution in [0.1, 0.15) is 25.3 Å². The van der Waals surface area contributed by atoms with E-state index in [-0.39, 0.29) is 5.91 Å². The molecule has 1 amide bonds. The number of aryl methyl sites for hydroxylation is 1. The Hall–Kier alpha value is -1.36. The van der Waals surface area contributed by atoms with Gasteiger partial charge in [0.05, 0.1) is 6.20 Å². The fourth-order valence-electron chi connectivity index (χ4n) is 1.71. The number of amides is 1. The number of hydrogen-bond donors (Lipinski definition) is 1. The molecule has 5 heteroatoms. The van der Waals surface area contributed by atoms with Crippen molar-refractivity contribution in [3.05, 3.63) is 18.0 Å². The lowest BCUT2D eigenvalue weighted by atomic mass is 10.0. The largest absolute Gasteiger partial charge is 0.341 e. The van der Waals surface area contributed by atoms with Crippen molar-refractivity contribution in [1.82, 2.24) is 14.7 Å². The lowest BCUT2D eigenvalue weighted by Gasteiger charge is -2.19. The third kappa shape index (κ3) is 4.19. The molecule has 0 aromatic carbocycles. The molecule has 1 aromatic rings. The molecule has 0 spiro atoms. The molecule has 1 unspecified atom stereocenters. The Kier molecular flexibility index (Phi) is 5.15. The molecular weight excluding hydrogens is 216 g/mol. The standard InChI is InChI=1S/C12H22N4O/c1-4-10(6-13)5-12(17)15(2)8-11-7-14-16(3)9-11/h7,9-10H,4-6,8,13H2,1-3H3. The highest BCUT2D eigenvalue weighted by Gasteiger charge is 2.15. The molecule has 0 bridgehead atoms. The Bertz CT molecular complexity index is 357. The van der Waals surface area contributed by atoms with Crippen LogP contribution in [-0.2, 0) is 18.4 Å². The van der Waals surface area contributed by atoms with Crippen molar-refractivity contribution in [2.45, 2.75) is 26.3 Å². The highest BCUT2D eigenvalue weighted by atomic mass is 16.2. The van der Waals surface area contributed by atoms with Crippen LogP contribution in [0, 0.1) is 5.92 Å². The average molecular weight is 238 g/mol. The van der Waals surface area contributed by atoms with Gasteiger partial charge in [-0.05, 0) is 12.5 Å². The molecule has 96 valence electrons. The first-order valence-electron chi connectivity index (χ1n) is 5.98. The highest BCUT2D eigenvalue weighted by molar-refractivity contribution is 5.76. The molecule has 0 saturated carbocycles. The summed E-state index contributed by atoms with van der Waals surface area (Å²) in [5, 5.41) is 4.08. The van der Waals surface area contributed by atoms with Gasteiger partial charge in [-0.2, -0.15) is 5.10 Å².